The molecule has 5 nitrogen and oxygen atoms in total. The van der Waals surface area contributed by atoms with Crippen molar-refractivity contribution in [1.82, 2.24) is 9.78 Å². The van der Waals surface area contributed by atoms with Gasteiger partial charge < -0.3 is 10.8 Å². The van der Waals surface area contributed by atoms with Crippen LogP contribution in [-0.2, 0) is 11.3 Å². The molecule has 0 saturated heterocycles. The Hall–Kier alpha value is -1.36. The summed E-state index contributed by atoms with van der Waals surface area (Å²) >= 11 is 0. The predicted molar refractivity (Wildman–Crippen MR) is 61.1 cm³/mol. The Balaban J connectivity index is 2.83. The minimum atomic E-state index is -0.826. The first-order valence-electron chi connectivity index (χ1n) is 5.48. The first-order chi connectivity index (χ1) is 7.54. The Morgan fingerprint density at radius 1 is 1.62 bits per heavy atom. The zero-order valence-electron chi connectivity index (χ0n) is 9.76. The number of nitrogens with zero attached hydrogens (tertiary/aromatic N) is 2. The van der Waals surface area contributed by atoms with E-state index in [1.165, 1.54) is 0 Å². The molecule has 0 aliphatic carbocycles. The highest BCUT2D eigenvalue weighted by molar-refractivity contribution is 5.67. The van der Waals surface area contributed by atoms with Gasteiger partial charge in [-0.3, -0.25) is 9.48 Å². The highest BCUT2D eigenvalue weighted by Crippen LogP contribution is 2.19. The topological polar surface area (TPSA) is 81.1 Å². The third kappa shape index (κ3) is 3.34. The van der Waals surface area contributed by atoms with Crippen LogP contribution < -0.4 is 5.73 Å². The molecule has 0 fully saturated rings. The summed E-state index contributed by atoms with van der Waals surface area (Å²) in [5.74, 6) is -0.506. The second kappa shape index (κ2) is 5.65. The summed E-state index contributed by atoms with van der Waals surface area (Å²) in [4.78, 5) is 10.7. The molecule has 0 amide bonds. The van der Waals surface area contributed by atoms with Crippen LogP contribution in [0.2, 0.25) is 0 Å². The van der Waals surface area contributed by atoms with Crippen molar-refractivity contribution in [2.75, 3.05) is 6.54 Å². The summed E-state index contributed by atoms with van der Waals surface area (Å²) in [6.45, 7) is 5.31. The molecule has 90 valence electrons. The van der Waals surface area contributed by atoms with Gasteiger partial charge in [-0.15, -0.1) is 0 Å². The Morgan fingerprint density at radius 2 is 2.31 bits per heavy atom. The molecule has 0 aliphatic heterocycles. The van der Waals surface area contributed by atoms with Crippen molar-refractivity contribution in [3.05, 3.63) is 18.0 Å². The number of hydrogen-bond acceptors (Lipinski definition) is 3. The summed E-state index contributed by atoms with van der Waals surface area (Å²) in [6, 6.07) is 1.85. The molecule has 1 aromatic heterocycles. The molecular weight excluding hydrogens is 206 g/mol. The van der Waals surface area contributed by atoms with Gasteiger partial charge in [0.15, 0.2) is 0 Å². The number of carbonyl (C=O) groups is 1. The van der Waals surface area contributed by atoms with Gasteiger partial charge in [0.05, 0.1) is 6.42 Å². The van der Waals surface area contributed by atoms with Crippen LogP contribution >= 0.6 is 0 Å². The lowest BCUT2D eigenvalue weighted by atomic mass is 10.0. The van der Waals surface area contributed by atoms with E-state index >= 15 is 0 Å². The summed E-state index contributed by atoms with van der Waals surface area (Å²) in [6.07, 6.45) is 1.75. The Bertz CT molecular complexity index is 347. The molecule has 1 rings (SSSR count). The molecule has 0 bridgehead atoms. The van der Waals surface area contributed by atoms with E-state index in [1.54, 1.807) is 6.20 Å². The Kier molecular flexibility index (Phi) is 4.49. The highest BCUT2D eigenvalue weighted by atomic mass is 16.4. The van der Waals surface area contributed by atoms with E-state index in [9.17, 15) is 4.79 Å². The van der Waals surface area contributed by atoms with Crippen LogP contribution in [0.25, 0.3) is 0 Å². The summed E-state index contributed by atoms with van der Waals surface area (Å²) in [5.41, 5.74) is 6.52. The lowest BCUT2D eigenvalue weighted by molar-refractivity contribution is -0.137. The van der Waals surface area contributed by atoms with Crippen LogP contribution in [0.5, 0.6) is 0 Å². The van der Waals surface area contributed by atoms with Gasteiger partial charge in [-0.05, 0) is 12.0 Å². The van der Waals surface area contributed by atoms with Gasteiger partial charge in [0.1, 0.15) is 0 Å². The molecule has 0 saturated carbocycles. The molecular formula is C11H19N3O2. The fourth-order valence-electron chi connectivity index (χ4n) is 1.71. The maximum Gasteiger partial charge on any atom is 0.304 e. The first kappa shape index (κ1) is 12.7. The molecule has 0 aliphatic rings. The van der Waals surface area contributed by atoms with Gasteiger partial charge in [-0.2, -0.15) is 5.10 Å². The minimum absolute atomic E-state index is 0.0558. The third-order valence-electron chi connectivity index (χ3n) is 2.41. The lowest BCUT2D eigenvalue weighted by Crippen LogP contribution is -2.21. The van der Waals surface area contributed by atoms with Crippen molar-refractivity contribution in [2.24, 2.45) is 11.7 Å². The van der Waals surface area contributed by atoms with Crippen molar-refractivity contribution in [3.63, 3.8) is 0 Å². The zero-order valence-corrected chi connectivity index (χ0v) is 9.76. The van der Waals surface area contributed by atoms with Gasteiger partial charge >= 0.3 is 5.97 Å². The summed E-state index contributed by atoms with van der Waals surface area (Å²) < 4.78 is 1.85. The fourth-order valence-corrected chi connectivity index (χ4v) is 1.71. The average molecular weight is 225 g/mol. The molecule has 1 unspecified atom stereocenters. The number of aliphatic carboxylic acids is 1. The number of hydrogen-bond donors (Lipinski definition) is 2. The van der Waals surface area contributed by atoms with E-state index in [0.29, 0.717) is 12.5 Å². The fraction of sp³-hybridized carbons (Fsp3) is 0.636. The van der Waals surface area contributed by atoms with Crippen LogP contribution in [0.15, 0.2) is 12.3 Å². The van der Waals surface area contributed by atoms with Crippen molar-refractivity contribution < 1.29 is 9.90 Å². The third-order valence-corrected chi connectivity index (χ3v) is 2.41. The van der Waals surface area contributed by atoms with Crippen LogP contribution in [0.4, 0.5) is 0 Å². The van der Waals surface area contributed by atoms with Crippen molar-refractivity contribution >= 4 is 5.97 Å². The van der Waals surface area contributed by atoms with E-state index < -0.39 is 5.97 Å². The number of aromatic nitrogens is 2. The molecule has 3 N–H and O–H groups in total. The molecule has 1 heterocycles. The average Bonchev–Trinajstić information content (AvgIpc) is 2.61. The number of nitrogens with two attached hydrogens (primary N) is 1. The van der Waals surface area contributed by atoms with Crippen molar-refractivity contribution in [3.8, 4) is 0 Å². The summed E-state index contributed by atoms with van der Waals surface area (Å²) in [5, 5.41) is 13.0. The van der Waals surface area contributed by atoms with E-state index in [1.807, 2.05) is 10.7 Å². The minimum Gasteiger partial charge on any atom is -0.481 e. The van der Waals surface area contributed by atoms with Gasteiger partial charge in [0, 0.05) is 30.9 Å². The molecule has 0 radical (unpaired) electrons. The second-order valence-corrected chi connectivity index (χ2v) is 4.36. The highest BCUT2D eigenvalue weighted by Gasteiger charge is 2.18. The van der Waals surface area contributed by atoms with Crippen LogP contribution in [-0.4, -0.2) is 27.4 Å². The lowest BCUT2D eigenvalue weighted by Gasteiger charge is -2.16. The normalized spacial score (nSPS) is 13.0. The number of carboxylic acids is 1. The molecule has 5 heteroatoms. The SMILES string of the molecule is CC(C)Cn1nccc1C(CN)CC(=O)O. The van der Waals surface area contributed by atoms with Gasteiger partial charge in [0.25, 0.3) is 0 Å². The maximum atomic E-state index is 10.7. The molecule has 16 heavy (non-hydrogen) atoms. The van der Waals surface area contributed by atoms with Crippen molar-refractivity contribution in [2.45, 2.75) is 32.7 Å². The van der Waals surface area contributed by atoms with Gasteiger partial charge in [-0.25, -0.2) is 0 Å². The van der Waals surface area contributed by atoms with E-state index in [2.05, 4.69) is 18.9 Å². The van der Waals surface area contributed by atoms with Crippen LogP contribution in [0.1, 0.15) is 31.9 Å². The van der Waals surface area contributed by atoms with E-state index in [4.69, 9.17) is 10.8 Å². The molecule has 1 atom stereocenters. The molecule has 0 spiro atoms. The van der Waals surface area contributed by atoms with Crippen LogP contribution in [0.3, 0.4) is 0 Å². The number of rotatable bonds is 6. The molecule has 1 aromatic rings. The second-order valence-electron chi connectivity index (χ2n) is 4.36. The predicted octanol–water partition coefficient (Wildman–Crippen LogP) is 1.06. The van der Waals surface area contributed by atoms with E-state index in [-0.39, 0.29) is 12.3 Å². The Labute approximate surface area is 95.3 Å². The smallest absolute Gasteiger partial charge is 0.304 e. The largest absolute Gasteiger partial charge is 0.481 e. The Morgan fingerprint density at radius 3 is 2.81 bits per heavy atom. The van der Waals surface area contributed by atoms with E-state index in [0.717, 1.165) is 12.2 Å². The monoisotopic (exact) mass is 225 g/mol. The van der Waals surface area contributed by atoms with Gasteiger partial charge in [-0.1, -0.05) is 13.8 Å². The molecule has 0 aromatic carbocycles. The zero-order chi connectivity index (χ0) is 12.1. The standard InChI is InChI=1S/C11H19N3O2/c1-8(2)7-14-10(3-4-13-14)9(6-12)5-11(15)16/h3-4,8-9H,5-7,12H2,1-2H3,(H,15,16). The van der Waals surface area contributed by atoms with Crippen molar-refractivity contribution in [1.29, 1.82) is 0 Å². The van der Waals surface area contributed by atoms with Gasteiger partial charge in [0.2, 0.25) is 0 Å². The quantitative estimate of drug-likeness (QED) is 0.758. The maximum absolute atomic E-state index is 10.7. The van der Waals surface area contributed by atoms with Crippen LogP contribution in [0, 0.1) is 5.92 Å². The first-order valence-corrected chi connectivity index (χ1v) is 5.48. The summed E-state index contributed by atoms with van der Waals surface area (Å²) in [7, 11) is 0. The number of carboxylic acid groups (broad SMARTS) is 1.